The molecule has 0 aromatic carbocycles. The van der Waals surface area contributed by atoms with Gasteiger partial charge in [-0.3, -0.25) is 0 Å². The first-order valence-electron chi connectivity index (χ1n) is 8.59. The summed E-state index contributed by atoms with van der Waals surface area (Å²) in [6.45, 7) is 2.41. The lowest BCUT2D eigenvalue weighted by Gasteiger charge is -2.25. The molecule has 0 radical (unpaired) electrons. The Morgan fingerprint density at radius 2 is 2.17 bits per heavy atom. The topological polar surface area (TPSA) is 62.9 Å². The standard InChI is InChI=1S/C18H26N4O2/c1-4-24-18(23)11-13-5-7-14(8-6-13)15-12-17(21(2)3)22-16(20-15)9-10-19-22/h9-12,14,18,23H,4-8H2,1-3H3. The number of aliphatic hydroxyl groups excluding tert-OH is 1. The average Bonchev–Trinajstić information content (AvgIpc) is 3.03. The van der Waals surface area contributed by atoms with E-state index in [1.165, 1.54) is 5.57 Å². The van der Waals surface area contributed by atoms with E-state index in [9.17, 15) is 5.11 Å². The Hall–Kier alpha value is -1.92. The second-order valence-electron chi connectivity index (χ2n) is 6.48. The van der Waals surface area contributed by atoms with Gasteiger partial charge in [0, 0.05) is 44.4 Å². The summed E-state index contributed by atoms with van der Waals surface area (Å²) in [6, 6.07) is 4.09. The van der Waals surface area contributed by atoms with Crippen LogP contribution in [0.15, 0.2) is 30.0 Å². The van der Waals surface area contributed by atoms with E-state index in [0.717, 1.165) is 42.8 Å². The Balaban J connectivity index is 1.76. The third kappa shape index (κ3) is 3.60. The van der Waals surface area contributed by atoms with Gasteiger partial charge in [-0.05, 0) is 38.7 Å². The summed E-state index contributed by atoms with van der Waals surface area (Å²) >= 11 is 0. The molecule has 1 unspecified atom stereocenters. The molecule has 130 valence electrons. The summed E-state index contributed by atoms with van der Waals surface area (Å²) in [5.41, 5.74) is 3.31. The molecule has 0 bridgehead atoms. The minimum atomic E-state index is -0.775. The molecule has 1 aliphatic rings. The van der Waals surface area contributed by atoms with Crippen LogP contribution >= 0.6 is 0 Å². The Labute approximate surface area is 142 Å². The fourth-order valence-corrected chi connectivity index (χ4v) is 3.31. The van der Waals surface area contributed by atoms with Gasteiger partial charge in [0.1, 0.15) is 5.82 Å². The van der Waals surface area contributed by atoms with Crippen molar-refractivity contribution in [2.45, 2.75) is 44.8 Å². The van der Waals surface area contributed by atoms with Crippen molar-refractivity contribution >= 4 is 11.5 Å². The molecule has 6 heteroatoms. The number of rotatable bonds is 5. The van der Waals surface area contributed by atoms with Gasteiger partial charge in [-0.1, -0.05) is 5.57 Å². The van der Waals surface area contributed by atoms with Crippen molar-refractivity contribution in [1.82, 2.24) is 14.6 Å². The van der Waals surface area contributed by atoms with Gasteiger partial charge in [0.05, 0.1) is 6.20 Å². The van der Waals surface area contributed by atoms with Crippen LogP contribution < -0.4 is 4.90 Å². The summed E-state index contributed by atoms with van der Waals surface area (Å²) in [6.07, 6.45) is 6.94. The number of hydrogen-bond donors (Lipinski definition) is 1. The number of aliphatic hydroxyl groups is 1. The molecule has 1 aliphatic carbocycles. The van der Waals surface area contributed by atoms with E-state index < -0.39 is 6.29 Å². The van der Waals surface area contributed by atoms with Crippen molar-refractivity contribution in [3.63, 3.8) is 0 Å². The van der Waals surface area contributed by atoms with Crippen molar-refractivity contribution in [1.29, 1.82) is 0 Å². The van der Waals surface area contributed by atoms with E-state index >= 15 is 0 Å². The van der Waals surface area contributed by atoms with Crippen molar-refractivity contribution in [3.8, 4) is 0 Å². The minimum Gasteiger partial charge on any atom is -0.365 e. The highest BCUT2D eigenvalue weighted by molar-refractivity contribution is 5.50. The van der Waals surface area contributed by atoms with E-state index in [4.69, 9.17) is 9.72 Å². The number of aromatic nitrogens is 3. The van der Waals surface area contributed by atoms with Crippen LogP contribution in [0.2, 0.25) is 0 Å². The molecular weight excluding hydrogens is 304 g/mol. The lowest BCUT2D eigenvalue weighted by atomic mass is 9.83. The fourth-order valence-electron chi connectivity index (χ4n) is 3.31. The third-order valence-electron chi connectivity index (χ3n) is 4.58. The van der Waals surface area contributed by atoms with Crippen molar-refractivity contribution in [2.75, 3.05) is 25.6 Å². The average molecular weight is 330 g/mol. The van der Waals surface area contributed by atoms with Crippen LogP contribution in [0.1, 0.15) is 44.2 Å². The molecule has 6 nitrogen and oxygen atoms in total. The van der Waals surface area contributed by atoms with Crippen molar-refractivity contribution in [3.05, 3.63) is 35.7 Å². The highest BCUT2D eigenvalue weighted by atomic mass is 16.6. The van der Waals surface area contributed by atoms with Crippen molar-refractivity contribution in [2.24, 2.45) is 0 Å². The molecule has 1 N–H and O–H groups in total. The Morgan fingerprint density at radius 1 is 1.42 bits per heavy atom. The second-order valence-corrected chi connectivity index (χ2v) is 6.48. The SMILES string of the molecule is CCOC(O)C=C1CCC(c2cc(N(C)C)n3nccc3n2)CC1. The van der Waals surface area contributed by atoms with Crippen LogP contribution in [0.4, 0.5) is 5.82 Å². The van der Waals surface area contributed by atoms with E-state index in [0.29, 0.717) is 12.5 Å². The van der Waals surface area contributed by atoms with Gasteiger partial charge in [0.15, 0.2) is 11.9 Å². The maximum atomic E-state index is 9.75. The predicted molar refractivity (Wildman–Crippen MR) is 94.2 cm³/mol. The number of allylic oxidation sites excluding steroid dienone is 1. The lowest BCUT2D eigenvalue weighted by Crippen LogP contribution is -2.17. The van der Waals surface area contributed by atoms with Crippen molar-refractivity contribution < 1.29 is 9.84 Å². The largest absolute Gasteiger partial charge is 0.365 e. The zero-order valence-electron chi connectivity index (χ0n) is 14.6. The quantitative estimate of drug-likeness (QED) is 0.675. The fraction of sp³-hybridized carbons (Fsp3) is 0.556. The Kier molecular flexibility index (Phi) is 5.16. The summed E-state index contributed by atoms with van der Waals surface area (Å²) in [7, 11) is 4.05. The molecule has 2 heterocycles. The van der Waals surface area contributed by atoms with Gasteiger partial charge in [-0.15, -0.1) is 0 Å². The molecule has 0 amide bonds. The van der Waals surface area contributed by atoms with Crippen LogP contribution in [0.5, 0.6) is 0 Å². The van der Waals surface area contributed by atoms with Gasteiger partial charge in [0.2, 0.25) is 0 Å². The van der Waals surface area contributed by atoms with Gasteiger partial charge in [0.25, 0.3) is 0 Å². The van der Waals surface area contributed by atoms with E-state index in [-0.39, 0.29) is 0 Å². The predicted octanol–water partition coefficient (Wildman–Crippen LogP) is 2.73. The molecule has 2 aromatic heterocycles. The second kappa shape index (κ2) is 7.32. The van der Waals surface area contributed by atoms with Gasteiger partial charge >= 0.3 is 0 Å². The zero-order valence-corrected chi connectivity index (χ0v) is 14.6. The molecule has 1 fully saturated rings. The minimum absolute atomic E-state index is 0.449. The van der Waals surface area contributed by atoms with Crippen LogP contribution in [-0.2, 0) is 4.74 Å². The molecule has 1 atom stereocenters. The molecule has 3 rings (SSSR count). The zero-order chi connectivity index (χ0) is 17.1. The number of fused-ring (bicyclic) bond motifs is 1. The molecule has 24 heavy (non-hydrogen) atoms. The van der Waals surface area contributed by atoms with Crippen LogP contribution in [-0.4, -0.2) is 46.7 Å². The third-order valence-corrected chi connectivity index (χ3v) is 4.58. The highest BCUT2D eigenvalue weighted by Gasteiger charge is 2.22. The maximum absolute atomic E-state index is 9.75. The van der Waals surface area contributed by atoms with Crippen LogP contribution in [0.3, 0.4) is 0 Å². The summed E-state index contributed by atoms with van der Waals surface area (Å²) in [4.78, 5) is 6.86. The van der Waals surface area contributed by atoms with Gasteiger partial charge in [-0.25, -0.2) is 4.98 Å². The molecular formula is C18H26N4O2. The number of anilines is 1. The first-order valence-corrected chi connectivity index (χ1v) is 8.59. The van der Waals surface area contributed by atoms with E-state index in [1.807, 2.05) is 37.7 Å². The number of nitrogens with zero attached hydrogens (tertiary/aromatic N) is 4. The summed E-state index contributed by atoms with van der Waals surface area (Å²) in [5.74, 6) is 1.50. The molecule has 0 spiro atoms. The highest BCUT2D eigenvalue weighted by Crippen LogP contribution is 2.36. The lowest BCUT2D eigenvalue weighted by molar-refractivity contribution is -0.0594. The van der Waals surface area contributed by atoms with E-state index in [1.54, 1.807) is 6.20 Å². The molecule has 2 aromatic rings. The van der Waals surface area contributed by atoms with Gasteiger partial charge in [-0.2, -0.15) is 9.61 Å². The molecule has 0 aliphatic heterocycles. The number of hydrogen-bond acceptors (Lipinski definition) is 5. The number of ether oxygens (including phenoxy) is 1. The normalized spacial score (nSPS) is 19.5. The smallest absolute Gasteiger partial charge is 0.174 e. The Bertz CT molecular complexity index is 713. The summed E-state index contributed by atoms with van der Waals surface area (Å²) in [5, 5.41) is 14.1. The first kappa shape index (κ1) is 16.9. The van der Waals surface area contributed by atoms with E-state index in [2.05, 4.69) is 16.1 Å². The van der Waals surface area contributed by atoms with Crippen LogP contribution in [0.25, 0.3) is 5.65 Å². The Morgan fingerprint density at radius 3 is 2.83 bits per heavy atom. The van der Waals surface area contributed by atoms with Gasteiger partial charge < -0.3 is 14.7 Å². The first-order chi connectivity index (χ1) is 11.6. The monoisotopic (exact) mass is 330 g/mol. The molecule has 0 saturated heterocycles. The maximum Gasteiger partial charge on any atom is 0.174 e. The summed E-state index contributed by atoms with van der Waals surface area (Å²) < 4.78 is 7.06. The van der Waals surface area contributed by atoms with Crippen LogP contribution in [0, 0.1) is 0 Å². The molecule has 1 saturated carbocycles.